The minimum Gasteiger partial charge on any atom is -0.493 e. The average molecular weight is 509 g/mol. The highest BCUT2D eigenvalue weighted by atomic mass is 35.5. The zero-order chi connectivity index (χ0) is 24.5. The molecule has 2 aliphatic rings. The number of hydrogen-bond acceptors (Lipinski definition) is 5. The predicted octanol–water partition coefficient (Wildman–Crippen LogP) is 7.38. The number of rotatable bonds is 5. The lowest BCUT2D eigenvalue weighted by Crippen LogP contribution is -2.26. The van der Waals surface area contributed by atoms with E-state index in [1.54, 1.807) is 13.2 Å². The van der Waals surface area contributed by atoms with Gasteiger partial charge in [-0.25, -0.2) is 0 Å². The number of carbonyl (C=O) groups excluding carboxylic acids is 1. The molecule has 35 heavy (non-hydrogen) atoms. The summed E-state index contributed by atoms with van der Waals surface area (Å²) in [4.78, 5) is 13.7. The number of fused-ring (bicyclic) bond motifs is 1. The zero-order valence-electron chi connectivity index (χ0n) is 19.5. The van der Waals surface area contributed by atoms with Crippen LogP contribution in [0.1, 0.15) is 42.9 Å². The standard InChI is InChI=1S/C28H26Cl2N2O3/c1-3-35-25-11-9-16(15-26(25)34-2)18-13-23-27(24(33)14-18)28(17-8-10-19(29)20(30)12-17)32-22-7-5-4-6-21(22)31-23/h4-12,15,18,28,31-32H,3,13-14H2,1-2H3/t18-,28-/m1/s1. The average Bonchev–Trinajstić information content (AvgIpc) is 3.03. The maximum absolute atomic E-state index is 13.7. The third-order valence-corrected chi connectivity index (χ3v) is 7.28. The maximum atomic E-state index is 13.7. The van der Waals surface area contributed by atoms with Crippen molar-refractivity contribution in [2.75, 3.05) is 24.4 Å². The van der Waals surface area contributed by atoms with Gasteiger partial charge in [0, 0.05) is 17.7 Å². The van der Waals surface area contributed by atoms with Gasteiger partial charge < -0.3 is 20.1 Å². The molecule has 2 N–H and O–H groups in total. The summed E-state index contributed by atoms with van der Waals surface area (Å²) in [5, 5.41) is 8.07. The molecule has 1 heterocycles. The highest BCUT2D eigenvalue weighted by molar-refractivity contribution is 6.42. The molecule has 0 radical (unpaired) electrons. The van der Waals surface area contributed by atoms with E-state index in [1.165, 1.54) is 0 Å². The largest absolute Gasteiger partial charge is 0.493 e. The number of anilines is 2. The molecule has 0 fully saturated rings. The summed E-state index contributed by atoms with van der Waals surface area (Å²) in [5.41, 5.74) is 5.43. The molecule has 0 amide bonds. The van der Waals surface area contributed by atoms with Crippen molar-refractivity contribution in [3.63, 3.8) is 0 Å². The van der Waals surface area contributed by atoms with Crippen LogP contribution in [0.4, 0.5) is 11.4 Å². The number of nitrogens with one attached hydrogen (secondary N) is 2. The van der Waals surface area contributed by atoms with Gasteiger partial charge in [0.05, 0.1) is 41.2 Å². The third-order valence-electron chi connectivity index (χ3n) is 6.54. The summed E-state index contributed by atoms with van der Waals surface area (Å²) in [7, 11) is 1.63. The number of hydrogen-bond donors (Lipinski definition) is 2. The molecule has 0 spiro atoms. The Morgan fingerprint density at radius 3 is 2.43 bits per heavy atom. The van der Waals surface area contributed by atoms with Gasteiger partial charge in [0.2, 0.25) is 0 Å². The molecule has 5 rings (SSSR count). The van der Waals surface area contributed by atoms with Crippen LogP contribution in [0.2, 0.25) is 10.0 Å². The number of ether oxygens (including phenoxy) is 2. The number of allylic oxidation sites excluding steroid dienone is 1. The summed E-state index contributed by atoms with van der Waals surface area (Å²) >= 11 is 12.5. The first-order chi connectivity index (χ1) is 17.0. The Labute approximate surface area is 215 Å². The Hall–Kier alpha value is -3.15. The summed E-state index contributed by atoms with van der Waals surface area (Å²) in [6.45, 7) is 2.50. The summed E-state index contributed by atoms with van der Waals surface area (Å²) in [6, 6.07) is 19.1. The predicted molar refractivity (Wildman–Crippen MR) is 141 cm³/mol. The second-order valence-corrected chi connectivity index (χ2v) is 9.50. The maximum Gasteiger partial charge on any atom is 0.163 e. The van der Waals surface area contributed by atoms with Crippen LogP contribution in [0, 0.1) is 0 Å². The van der Waals surface area contributed by atoms with Crippen molar-refractivity contribution in [3.8, 4) is 11.5 Å². The van der Waals surface area contributed by atoms with Crippen LogP contribution in [0.5, 0.6) is 11.5 Å². The first-order valence-corrected chi connectivity index (χ1v) is 12.4. The Morgan fingerprint density at radius 2 is 1.69 bits per heavy atom. The van der Waals surface area contributed by atoms with Crippen molar-refractivity contribution in [2.24, 2.45) is 0 Å². The highest BCUT2D eigenvalue weighted by Crippen LogP contribution is 2.45. The fraction of sp³-hybridized carbons (Fsp3) is 0.250. The zero-order valence-corrected chi connectivity index (χ0v) is 21.0. The van der Waals surface area contributed by atoms with Crippen LogP contribution in [0.25, 0.3) is 0 Å². The van der Waals surface area contributed by atoms with Gasteiger partial charge in [-0.2, -0.15) is 0 Å². The SMILES string of the molecule is CCOc1ccc([C@H]2CC(=O)C3=C(C2)Nc2ccccc2N[C@@H]3c2ccc(Cl)c(Cl)c2)cc1OC. The van der Waals surface area contributed by atoms with Crippen molar-refractivity contribution < 1.29 is 14.3 Å². The molecule has 0 bridgehead atoms. The first-order valence-electron chi connectivity index (χ1n) is 11.6. The molecular formula is C28H26Cl2N2O3. The van der Waals surface area contributed by atoms with Gasteiger partial charge in [0.25, 0.3) is 0 Å². The normalized spacial score (nSPS) is 19.1. The van der Waals surface area contributed by atoms with E-state index in [2.05, 4.69) is 10.6 Å². The summed E-state index contributed by atoms with van der Waals surface area (Å²) in [6.07, 6.45) is 1.08. The highest BCUT2D eigenvalue weighted by Gasteiger charge is 2.36. The minimum absolute atomic E-state index is 0.0121. The number of ketones is 1. The number of methoxy groups -OCH3 is 1. The smallest absolute Gasteiger partial charge is 0.163 e. The molecule has 1 aliphatic carbocycles. The molecule has 0 unspecified atom stereocenters. The third kappa shape index (κ3) is 4.58. The van der Waals surface area contributed by atoms with Crippen LogP contribution >= 0.6 is 23.2 Å². The van der Waals surface area contributed by atoms with Gasteiger partial charge in [-0.1, -0.05) is 47.5 Å². The van der Waals surface area contributed by atoms with Crippen molar-refractivity contribution >= 4 is 40.4 Å². The quantitative estimate of drug-likeness (QED) is 0.376. The molecule has 0 saturated heterocycles. The van der Waals surface area contributed by atoms with Crippen molar-refractivity contribution in [1.82, 2.24) is 0 Å². The van der Waals surface area contributed by atoms with Crippen LogP contribution in [-0.2, 0) is 4.79 Å². The van der Waals surface area contributed by atoms with Crippen LogP contribution in [0.15, 0.2) is 71.9 Å². The Kier molecular flexibility index (Phi) is 6.63. The van der Waals surface area contributed by atoms with Crippen molar-refractivity contribution in [2.45, 2.75) is 31.7 Å². The molecule has 3 aromatic carbocycles. The van der Waals surface area contributed by atoms with Gasteiger partial charge in [-0.05, 0) is 66.8 Å². The van der Waals surface area contributed by atoms with Crippen LogP contribution in [-0.4, -0.2) is 19.5 Å². The Bertz CT molecular complexity index is 1320. The summed E-state index contributed by atoms with van der Waals surface area (Å²) < 4.78 is 11.2. The van der Waals surface area contributed by atoms with Crippen LogP contribution < -0.4 is 20.1 Å². The van der Waals surface area contributed by atoms with Gasteiger partial charge in [0.1, 0.15) is 0 Å². The summed E-state index contributed by atoms with van der Waals surface area (Å²) in [5.74, 6) is 1.48. The van der Waals surface area contributed by atoms with E-state index in [-0.39, 0.29) is 17.7 Å². The first kappa shape index (κ1) is 23.6. The molecule has 0 aromatic heterocycles. The molecule has 1 aliphatic heterocycles. The lowest BCUT2D eigenvalue weighted by Gasteiger charge is -2.30. The molecular weight excluding hydrogens is 483 g/mol. The lowest BCUT2D eigenvalue weighted by atomic mass is 9.78. The molecule has 5 nitrogen and oxygen atoms in total. The molecule has 0 saturated carbocycles. The second-order valence-electron chi connectivity index (χ2n) is 8.69. The van der Waals surface area contributed by atoms with E-state index in [0.29, 0.717) is 41.0 Å². The minimum atomic E-state index is -0.348. The fourth-order valence-corrected chi connectivity index (χ4v) is 5.19. The van der Waals surface area contributed by atoms with Gasteiger partial charge >= 0.3 is 0 Å². The van der Waals surface area contributed by atoms with E-state index in [1.807, 2.05) is 61.5 Å². The van der Waals surface area contributed by atoms with E-state index in [0.717, 1.165) is 33.8 Å². The molecule has 3 aromatic rings. The number of Topliss-reactive ketones (excluding diaryl/α,β-unsaturated/α-hetero) is 1. The van der Waals surface area contributed by atoms with Gasteiger partial charge in [-0.3, -0.25) is 4.79 Å². The van der Waals surface area contributed by atoms with Crippen molar-refractivity contribution in [1.29, 1.82) is 0 Å². The van der Waals surface area contributed by atoms with E-state index >= 15 is 0 Å². The number of benzene rings is 3. The van der Waals surface area contributed by atoms with Crippen molar-refractivity contribution in [3.05, 3.63) is 93.1 Å². The topological polar surface area (TPSA) is 59.6 Å². The van der Waals surface area contributed by atoms with E-state index in [9.17, 15) is 4.79 Å². The van der Waals surface area contributed by atoms with E-state index < -0.39 is 0 Å². The Morgan fingerprint density at radius 1 is 0.914 bits per heavy atom. The number of carbonyl (C=O) groups is 1. The molecule has 7 heteroatoms. The van der Waals surface area contributed by atoms with Gasteiger partial charge in [0.15, 0.2) is 17.3 Å². The molecule has 180 valence electrons. The number of halogens is 2. The fourth-order valence-electron chi connectivity index (χ4n) is 4.88. The Balaban J connectivity index is 1.57. The molecule has 2 atom stereocenters. The van der Waals surface area contributed by atoms with E-state index in [4.69, 9.17) is 32.7 Å². The van der Waals surface area contributed by atoms with Gasteiger partial charge in [-0.15, -0.1) is 0 Å². The lowest BCUT2D eigenvalue weighted by molar-refractivity contribution is -0.116. The monoisotopic (exact) mass is 508 g/mol. The van der Waals surface area contributed by atoms with Crippen LogP contribution in [0.3, 0.4) is 0 Å². The number of para-hydroxylation sites is 2. The second kappa shape index (κ2) is 9.84.